The van der Waals surface area contributed by atoms with E-state index in [1.54, 1.807) is 0 Å². The Balaban J connectivity index is 2.21. The molecule has 1 amide bonds. The first kappa shape index (κ1) is 12.7. The monoisotopic (exact) mass is 295 g/mol. The molecule has 2 heterocycles. The van der Waals surface area contributed by atoms with Crippen LogP contribution in [-0.4, -0.2) is 36.7 Å². The summed E-state index contributed by atoms with van der Waals surface area (Å²) in [6, 6.07) is 0. The first-order valence-corrected chi connectivity index (χ1v) is 7.45. The summed E-state index contributed by atoms with van der Waals surface area (Å²) in [7, 11) is -3.59. The van der Waals surface area contributed by atoms with Crippen molar-refractivity contribution in [3.8, 4) is 0 Å². The molecule has 1 aliphatic rings. The number of rotatable bonds is 3. The average molecular weight is 296 g/mol. The van der Waals surface area contributed by atoms with E-state index in [9.17, 15) is 13.2 Å². The van der Waals surface area contributed by atoms with Crippen molar-refractivity contribution < 1.29 is 13.2 Å². The van der Waals surface area contributed by atoms with Crippen LogP contribution < -0.4 is 5.73 Å². The van der Waals surface area contributed by atoms with Gasteiger partial charge < -0.3 is 5.73 Å². The zero-order valence-electron chi connectivity index (χ0n) is 8.67. The maximum absolute atomic E-state index is 12.1. The van der Waals surface area contributed by atoms with Crippen molar-refractivity contribution >= 4 is 38.9 Å². The number of aromatic nitrogens is 1. The largest absolute Gasteiger partial charge is 0.369 e. The number of carbonyl (C=O) groups excluding carboxylic acids is 1. The quantitative estimate of drug-likeness (QED) is 0.867. The number of nitrogens with two attached hydrogens (primary N) is 1. The summed E-state index contributed by atoms with van der Waals surface area (Å²) >= 11 is 6.50. The molecule has 0 bridgehead atoms. The number of thiazole rings is 1. The van der Waals surface area contributed by atoms with Crippen molar-refractivity contribution in [3.63, 3.8) is 0 Å². The number of halogens is 1. The lowest BCUT2D eigenvalue weighted by atomic mass is 10.1. The maximum atomic E-state index is 12.1. The number of primary amides is 1. The topological polar surface area (TPSA) is 93.4 Å². The molecule has 6 nitrogen and oxygen atoms in total. The van der Waals surface area contributed by atoms with Crippen LogP contribution in [0.15, 0.2) is 10.4 Å². The second-order valence-electron chi connectivity index (χ2n) is 3.68. The number of hydrogen-bond acceptors (Lipinski definition) is 5. The first-order valence-electron chi connectivity index (χ1n) is 4.82. The fraction of sp³-hybridized carbons (Fsp3) is 0.500. The fourth-order valence-electron chi connectivity index (χ4n) is 1.66. The zero-order chi connectivity index (χ0) is 12.6. The van der Waals surface area contributed by atoms with E-state index in [0.29, 0.717) is 13.0 Å². The van der Waals surface area contributed by atoms with Crippen molar-refractivity contribution in [2.45, 2.75) is 10.6 Å². The second kappa shape index (κ2) is 4.52. The second-order valence-corrected chi connectivity index (χ2v) is 7.46. The molecular formula is C8H10ClN3O3S2. The van der Waals surface area contributed by atoms with Gasteiger partial charge in [0.1, 0.15) is 0 Å². The van der Waals surface area contributed by atoms with E-state index < -0.39 is 21.8 Å². The van der Waals surface area contributed by atoms with E-state index >= 15 is 0 Å². The van der Waals surface area contributed by atoms with Crippen LogP contribution in [0.3, 0.4) is 0 Å². The highest BCUT2D eigenvalue weighted by atomic mass is 35.5. The molecule has 0 spiro atoms. The van der Waals surface area contributed by atoms with Gasteiger partial charge in [-0.25, -0.2) is 13.4 Å². The van der Waals surface area contributed by atoms with Gasteiger partial charge in [-0.05, 0) is 6.42 Å². The number of sulfonamides is 1. The Morgan fingerprint density at radius 3 is 2.82 bits per heavy atom. The molecular weight excluding hydrogens is 286 g/mol. The highest BCUT2D eigenvalue weighted by Crippen LogP contribution is 2.29. The minimum Gasteiger partial charge on any atom is -0.369 e. The molecule has 17 heavy (non-hydrogen) atoms. The fourth-order valence-corrected chi connectivity index (χ4v) is 4.61. The van der Waals surface area contributed by atoms with E-state index in [0.717, 1.165) is 11.3 Å². The summed E-state index contributed by atoms with van der Waals surface area (Å²) in [6.45, 7) is 0.429. The summed E-state index contributed by atoms with van der Waals surface area (Å²) in [4.78, 5) is 14.7. The predicted molar refractivity (Wildman–Crippen MR) is 63.2 cm³/mol. The molecule has 1 saturated heterocycles. The third-order valence-corrected chi connectivity index (χ3v) is 6.02. The normalized spacial score (nSPS) is 21.8. The Labute approximate surface area is 107 Å². The van der Waals surface area contributed by atoms with Crippen molar-refractivity contribution in [2.24, 2.45) is 11.7 Å². The molecule has 1 aromatic heterocycles. The standard InChI is InChI=1S/C8H10ClN3O3S2/c9-8-11-3-6(16-8)17(14,15)12-2-1-5(4-12)7(10)13/h3,5H,1-2,4H2,(H2,10,13). The van der Waals surface area contributed by atoms with Gasteiger partial charge in [-0.1, -0.05) is 22.9 Å². The van der Waals surface area contributed by atoms with Crippen molar-refractivity contribution in [1.29, 1.82) is 0 Å². The molecule has 0 aliphatic carbocycles. The Morgan fingerprint density at radius 1 is 1.65 bits per heavy atom. The van der Waals surface area contributed by atoms with Gasteiger partial charge in [0.2, 0.25) is 5.91 Å². The van der Waals surface area contributed by atoms with Crippen LogP contribution in [0.1, 0.15) is 6.42 Å². The van der Waals surface area contributed by atoms with E-state index in [1.807, 2.05) is 0 Å². The van der Waals surface area contributed by atoms with Crippen molar-refractivity contribution in [3.05, 3.63) is 10.7 Å². The lowest BCUT2D eigenvalue weighted by Crippen LogP contribution is -2.31. The van der Waals surface area contributed by atoms with Crippen molar-refractivity contribution in [2.75, 3.05) is 13.1 Å². The number of nitrogens with zero attached hydrogens (tertiary/aromatic N) is 2. The van der Waals surface area contributed by atoms with Gasteiger partial charge in [0, 0.05) is 13.1 Å². The van der Waals surface area contributed by atoms with Gasteiger partial charge in [0.05, 0.1) is 12.1 Å². The van der Waals surface area contributed by atoms with Crippen LogP contribution in [0, 0.1) is 5.92 Å². The number of carbonyl (C=O) groups is 1. The van der Waals surface area contributed by atoms with Gasteiger partial charge in [-0.2, -0.15) is 4.31 Å². The molecule has 1 aromatic rings. The lowest BCUT2D eigenvalue weighted by molar-refractivity contribution is -0.121. The smallest absolute Gasteiger partial charge is 0.254 e. The maximum Gasteiger partial charge on any atom is 0.254 e. The van der Waals surface area contributed by atoms with Crippen LogP contribution in [0.4, 0.5) is 0 Å². The van der Waals surface area contributed by atoms with Gasteiger partial charge in [-0.15, -0.1) is 0 Å². The van der Waals surface area contributed by atoms with Gasteiger partial charge >= 0.3 is 0 Å². The summed E-state index contributed by atoms with van der Waals surface area (Å²) < 4.78 is 25.7. The third kappa shape index (κ3) is 2.44. The minimum atomic E-state index is -3.59. The molecule has 94 valence electrons. The van der Waals surface area contributed by atoms with Crippen LogP contribution >= 0.6 is 22.9 Å². The average Bonchev–Trinajstić information content (AvgIpc) is 2.85. The Bertz CT molecular complexity index is 542. The number of hydrogen-bond donors (Lipinski definition) is 1. The zero-order valence-corrected chi connectivity index (χ0v) is 11.1. The summed E-state index contributed by atoms with van der Waals surface area (Å²) in [5.74, 6) is -0.877. The van der Waals surface area contributed by atoms with Crippen molar-refractivity contribution in [1.82, 2.24) is 9.29 Å². The lowest BCUT2D eigenvalue weighted by Gasteiger charge is -2.13. The molecule has 0 saturated carbocycles. The molecule has 2 rings (SSSR count). The van der Waals surface area contributed by atoms with Gasteiger partial charge in [0.25, 0.3) is 10.0 Å². The van der Waals surface area contributed by atoms with E-state index in [1.165, 1.54) is 10.5 Å². The van der Waals surface area contributed by atoms with Crippen LogP contribution in [0.5, 0.6) is 0 Å². The molecule has 1 fully saturated rings. The molecule has 1 aliphatic heterocycles. The molecule has 0 radical (unpaired) electrons. The van der Waals surface area contributed by atoms with E-state index in [2.05, 4.69) is 4.98 Å². The Morgan fingerprint density at radius 2 is 2.35 bits per heavy atom. The molecule has 1 atom stereocenters. The molecule has 0 aromatic carbocycles. The Kier molecular flexibility index (Phi) is 3.39. The molecule has 1 unspecified atom stereocenters. The van der Waals surface area contributed by atoms with Crippen LogP contribution in [0.25, 0.3) is 0 Å². The van der Waals surface area contributed by atoms with Gasteiger partial charge in [0.15, 0.2) is 8.68 Å². The Hall–Kier alpha value is -0.700. The predicted octanol–water partition coefficient (Wildman–Crippen LogP) is 0.292. The van der Waals surface area contributed by atoms with E-state index in [4.69, 9.17) is 17.3 Å². The van der Waals surface area contributed by atoms with Crippen LogP contribution in [-0.2, 0) is 14.8 Å². The van der Waals surface area contributed by atoms with Crippen LogP contribution in [0.2, 0.25) is 4.47 Å². The molecule has 9 heteroatoms. The summed E-state index contributed by atoms with van der Waals surface area (Å²) in [6.07, 6.45) is 1.68. The SMILES string of the molecule is NC(=O)C1CCN(S(=O)(=O)c2cnc(Cl)s2)C1. The first-order chi connectivity index (χ1) is 7.91. The number of amides is 1. The molecule has 2 N–H and O–H groups in total. The highest BCUT2D eigenvalue weighted by Gasteiger charge is 2.35. The van der Waals surface area contributed by atoms with Gasteiger partial charge in [-0.3, -0.25) is 4.79 Å². The highest BCUT2D eigenvalue weighted by molar-refractivity contribution is 7.91. The van der Waals surface area contributed by atoms with E-state index in [-0.39, 0.29) is 15.2 Å². The summed E-state index contributed by atoms with van der Waals surface area (Å²) in [5.41, 5.74) is 5.15. The third-order valence-electron chi connectivity index (χ3n) is 2.60. The summed E-state index contributed by atoms with van der Waals surface area (Å²) in [5, 5.41) is 0. The minimum absolute atomic E-state index is 0.0904.